The molecule has 0 aromatic rings. The summed E-state index contributed by atoms with van der Waals surface area (Å²) in [4.78, 5) is 11.8. The van der Waals surface area contributed by atoms with E-state index in [0.29, 0.717) is 6.54 Å². The van der Waals surface area contributed by atoms with Crippen LogP contribution in [0.1, 0.15) is 33.6 Å². The molecule has 1 aliphatic rings. The lowest BCUT2D eigenvalue weighted by Gasteiger charge is -2.38. The molecule has 0 spiro atoms. The van der Waals surface area contributed by atoms with E-state index < -0.39 is 6.10 Å². The number of carbonyl (C=O) groups is 1. The first-order chi connectivity index (χ1) is 6.93. The van der Waals surface area contributed by atoms with Crippen molar-refractivity contribution < 1.29 is 9.90 Å². The smallest absolute Gasteiger partial charge is 0.237 e. The second-order valence-corrected chi connectivity index (χ2v) is 5.07. The number of amides is 1. The van der Waals surface area contributed by atoms with E-state index >= 15 is 0 Å². The number of aliphatic hydroxyl groups excluding tert-OH is 1. The summed E-state index contributed by atoms with van der Waals surface area (Å²) in [6.45, 7) is 7.10. The van der Waals surface area contributed by atoms with Crippen molar-refractivity contribution in [1.29, 1.82) is 0 Å². The first kappa shape index (κ1) is 12.5. The Balaban J connectivity index is 2.49. The Hall–Kier alpha value is -0.610. The Morgan fingerprint density at radius 2 is 2.33 bits per heavy atom. The third-order valence-corrected chi connectivity index (χ3v) is 2.96. The Morgan fingerprint density at radius 1 is 1.67 bits per heavy atom. The molecule has 88 valence electrons. The lowest BCUT2D eigenvalue weighted by atomic mass is 9.77. The Morgan fingerprint density at radius 3 is 2.87 bits per heavy atom. The average molecular weight is 214 g/mol. The molecule has 0 aromatic heterocycles. The van der Waals surface area contributed by atoms with Crippen LogP contribution in [0.15, 0.2) is 0 Å². The largest absolute Gasteiger partial charge is 0.392 e. The highest BCUT2D eigenvalue weighted by Crippen LogP contribution is 2.29. The molecule has 0 radical (unpaired) electrons. The molecule has 4 nitrogen and oxygen atoms in total. The Kier molecular flexibility index (Phi) is 4.11. The molecule has 1 rings (SSSR count). The molecule has 1 amide bonds. The summed E-state index contributed by atoms with van der Waals surface area (Å²) in [5.41, 5.74) is 0.00102. The van der Waals surface area contributed by atoms with Gasteiger partial charge in [-0.2, -0.15) is 0 Å². The van der Waals surface area contributed by atoms with Crippen molar-refractivity contribution in [3.63, 3.8) is 0 Å². The number of rotatable bonds is 3. The van der Waals surface area contributed by atoms with Crippen LogP contribution in [0.4, 0.5) is 0 Å². The van der Waals surface area contributed by atoms with Crippen LogP contribution in [0.2, 0.25) is 0 Å². The van der Waals surface area contributed by atoms with Crippen molar-refractivity contribution in [1.82, 2.24) is 10.6 Å². The van der Waals surface area contributed by atoms with E-state index in [4.69, 9.17) is 5.11 Å². The molecule has 1 heterocycles. The maximum absolute atomic E-state index is 11.8. The van der Waals surface area contributed by atoms with Gasteiger partial charge in [0.25, 0.3) is 0 Å². The third-order valence-electron chi connectivity index (χ3n) is 2.96. The fourth-order valence-electron chi connectivity index (χ4n) is 2.01. The van der Waals surface area contributed by atoms with Crippen molar-refractivity contribution in [3.05, 3.63) is 0 Å². The van der Waals surface area contributed by atoms with Crippen LogP contribution in [-0.4, -0.2) is 36.2 Å². The van der Waals surface area contributed by atoms with E-state index in [1.54, 1.807) is 6.92 Å². The van der Waals surface area contributed by atoms with Gasteiger partial charge in [-0.1, -0.05) is 13.8 Å². The zero-order valence-electron chi connectivity index (χ0n) is 9.84. The van der Waals surface area contributed by atoms with Crippen molar-refractivity contribution >= 4 is 5.91 Å². The summed E-state index contributed by atoms with van der Waals surface area (Å²) in [6, 6.07) is -0.134. The molecular formula is C11H22N2O2. The van der Waals surface area contributed by atoms with Crippen LogP contribution >= 0.6 is 0 Å². The van der Waals surface area contributed by atoms with Crippen LogP contribution in [0, 0.1) is 5.41 Å². The molecular weight excluding hydrogens is 192 g/mol. The number of nitrogens with one attached hydrogen (secondary N) is 2. The van der Waals surface area contributed by atoms with E-state index in [-0.39, 0.29) is 17.4 Å². The second-order valence-electron chi connectivity index (χ2n) is 5.07. The molecule has 1 aliphatic heterocycles. The van der Waals surface area contributed by atoms with Crippen molar-refractivity contribution in [2.45, 2.75) is 45.8 Å². The zero-order valence-corrected chi connectivity index (χ0v) is 9.84. The average Bonchev–Trinajstić information content (AvgIpc) is 2.13. The maximum atomic E-state index is 11.8. The molecule has 3 N–H and O–H groups in total. The monoisotopic (exact) mass is 214 g/mol. The molecule has 0 saturated carbocycles. The molecule has 0 bridgehead atoms. The molecule has 2 atom stereocenters. The van der Waals surface area contributed by atoms with E-state index in [9.17, 15) is 4.79 Å². The van der Waals surface area contributed by atoms with Crippen LogP contribution in [0.3, 0.4) is 0 Å². The van der Waals surface area contributed by atoms with Gasteiger partial charge >= 0.3 is 0 Å². The molecule has 1 fully saturated rings. The zero-order chi connectivity index (χ0) is 11.5. The van der Waals surface area contributed by atoms with Gasteiger partial charge in [-0.25, -0.2) is 0 Å². The topological polar surface area (TPSA) is 61.4 Å². The van der Waals surface area contributed by atoms with Crippen molar-refractivity contribution in [2.75, 3.05) is 13.1 Å². The van der Waals surface area contributed by atoms with Gasteiger partial charge in [-0.3, -0.25) is 4.79 Å². The second kappa shape index (κ2) is 4.94. The summed E-state index contributed by atoms with van der Waals surface area (Å²) in [7, 11) is 0. The van der Waals surface area contributed by atoms with Gasteiger partial charge in [-0.05, 0) is 31.7 Å². The van der Waals surface area contributed by atoms with Crippen molar-refractivity contribution in [2.24, 2.45) is 5.41 Å². The Labute approximate surface area is 91.4 Å². The van der Waals surface area contributed by atoms with Gasteiger partial charge < -0.3 is 15.7 Å². The van der Waals surface area contributed by atoms with Gasteiger partial charge in [0.2, 0.25) is 5.91 Å². The highest BCUT2D eigenvalue weighted by atomic mass is 16.3. The first-order valence-electron chi connectivity index (χ1n) is 5.62. The molecule has 0 aliphatic carbocycles. The van der Waals surface area contributed by atoms with Crippen LogP contribution in [0.25, 0.3) is 0 Å². The van der Waals surface area contributed by atoms with E-state index in [1.165, 1.54) is 0 Å². The highest BCUT2D eigenvalue weighted by Gasteiger charge is 2.36. The standard InChI is InChI=1S/C11H22N2O2/c1-8(14)7-13-10(15)9-11(2,3)5-4-6-12-9/h8-9,12,14H,4-7H2,1-3H3,(H,13,15)/t8-,9?/m1/s1. The molecule has 1 unspecified atom stereocenters. The van der Waals surface area contributed by atoms with Gasteiger partial charge in [0.05, 0.1) is 12.1 Å². The van der Waals surface area contributed by atoms with Gasteiger partial charge in [0, 0.05) is 6.54 Å². The summed E-state index contributed by atoms with van der Waals surface area (Å²) in [6.07, 6.45) is 1.69. The SMILES string of the molecule is C[C@@H](O)CNC(=O)C1NCCCC1(C)C. The van der Waals surface area contributed by atoms with Gasteiger partial charge in [0.1, 0.15) is 0 Å². The van der Waals surface area contributed by atoms with E-state index in [1.807, 2.05) is 0 Å². The van der Waals surface area contributed by atoms with Crippen molar-refractivity contribution in [3.8, 4) is 0 Å². The molecule has 4 heteroatoms. The van der Waals surface area contributed by atoms with Gasteiger partial charge in [0.15, 0.2) is 0 Å². The normalized spacial score (nSPS) is 27.1. The first-order valence-corrected chi connectivity index (χ1v) is 5.62. The minimum absolute atomic E-state index is 0.000556. The predicted molar refractivity (Wildman–Crippen MR) is 59.5 cm³/mol. The van der Waals surface area contributed by atoms with E-state index in [2.05, 4.69) is 24.5 Å². The molecule has 15 heavy (non-hydrogen) atoms. The fourth-order valence-corrected chi connectivity index (χ4v) is 2.01. The number of hydrogen-bond donors (Lipinski definition) is 3. The number of carbonyl (C=O) groups excluding carboxylic acids is 1. The van der Waals surface area contributed by atoms with Gasteiger partial charge in [-0.15, -0.1) is 0 Å². The third kappa shape index (κ3) is 3.47. The predicted octanol–water partition coefficient (Wildman–Crippen LogP) is 0.262. The van der Waals surface area contributed by atoms with Crippen LogP contribution in [0.5, 0.6) is 0 Å². The molecule has 0 aromatic carbocycles. The fraction of sp³-hybridized carbons (Fsp3) is 0.909. The number of aliphatic hydroxyl groups is 1. The highest BCUT2D eigenvalue weighted by molar-refractivity contribution is 5.82. The maximum Gasteiger partial charge on any atom is 0.237 e. The summed E-state index contributed by atoms with van der Waals surface area (Å²) < 4.78 is 0. The summed E-state index contributed by atoms with van der Waals surface area (Å²) in [5.74, 6) is 0.000556. The number of hydrogen-bond acceptors (Lipinski definition) is 3. The minimum atomic E-state index is -0.486. The number of piperidine rings is 1. The van der Waals surface area contributed by atoms with Crippen LogP contribution < -0.4 is 10.6 Å². The van der Waals surface area contributed by atoms with E-state index in [0.717, 1.165) is 19.4 Å². The van der Waals surface area contributed by atoms with Crippen LogP contribution in [-0.2, 0) is 4.79 Å². The quantitative estimate of drug-likeness (QED) is 0.631. The minimum Gasteiger partial charge on any atom is -0.392 e. The Bertz CT molecular complexity index is 227. The molecule has 1 saturated heterocycles. The lowest BCUT2D eigenvalue weighted by molar-refractivity contribution is -0.127. The summed E-state index contributed by atoms with van der Waals surface area (Å²) >= 11 is 0. The lowest BCUT2D eigenvalue weighted by Crippen LogP contribution is -2.56. The summed E-state index contributed by atoms with van der Waals surface area (Å²) in [5, 5.41) is 15.1.